The second kappa shape index (κ2) is 7.46. The fraction of sp³-hybridized carbons (Fsp3) is 0.227. The Bertz CT molecular complexity index is 1430. The number of fused-ring (bicyclic) bond motifs is 1. The summed E-state index contributed by atoms with van der Waals surface area (Å²) >= 11 is 0. The number of benzene rings is 1. The quantitative estimate of drug-likeness (QED) is 0.371. The van der Waals surface area contributed by atoms with Gasteiger partial charge in [-0.3, -0.25) is 9.78 Å². The summed E-state index contributed by atoms with van der Waals surface area (Å²) in [6.45, 7) is 2.96. The number of alkyl halides is 6. The average molecular weight is 466 g/mol. The maximum absolute atomic E-state index is 13.7. The lowest BCUT2D eigenvalue weighted by atomic mass is 10.0. The molecule has 5 nitrogen and oxygen atoms in total. The lowest BCUT2D eigenvalue weighted by Crippen LogP contribution is -2.23. The summed E-state index contributed by atoms with van der Waals surface area (Å²) in [7, 11) is 1.47. The van der Waals surface area contributed by atoms with E-state index in [-0.39, 0.29) is 22.5 Å². The lowest BCUT2D eigenvalue weighted by molar-refractivity contribution is -0.138. The Morgan fingerprint density at radius 2 is 1.55 bits per heavy atom. The highest BCUT2D eigenvalue weighted by atomic mass is 19.4. The summed E-state index contributed by atoms with van der Waals surface area (Å²) in [5, 5.41) is 4.21. The van der Waals surface area contributed by atoms with Gasteiger partial charge in [-0.15, -0.1) is 0 Å². The van der Waals surface area contributed by atoms with Crippen molar-refractivity contribution in [1.82, 2.24) is 19.2 Å². The summed E-state index contributed by atoms with van der Waals surface area (Å²) in [6, 6.07) is 5.09. The zero-order valence-electron chi connectivity index (χ0n) is 17.5. The van der Waals surface area contributed by atoms with Gasteiger partial charge in [0.1, 0.15) is 5.65 Å². The van der Waals surface area contributed by atoms with Gasteiger partial charge in [0.05, 0.1) is 22.5 Å². The number of nitrogens with zero attached hydrogens (tertiary/aromatic N) is 4. The van der Waals surface area contributed by atoms with Crippen LogP contribution in [-0.2, 0) is 19.4 Å². The lowest BCUT2D eigenvalue weighted by Gasteiger charge is -2.18. The number of halogens is 6. The summed E-state index contributed by atoms with van der Waals surface area (Å²) in [6.07, 6.45) is -7.18. The average Bonchev–Trinajstić information content (AvgIpc) is 3.09. The van der Waals surface area contributed by atoms with Gasteiger partial charge in [0.2, 0.25) is 0 Å². The van der Waals surface area contributed by atoms with Crippen molar-refractivity contribution in [2.45, 2.75) is 26.2 Å². The van der Waals surface area contributed by atoms with Gasteiger partial charge in [0.15, 0.2) is 0 Å². The van der Waals surface area contributed by atoms with Gasteiger partial charge in [-0.25, -0.2) is 0 Å². The molecule has 0 N–H and O–H groups in total. The molecule has 0 fully saturated rings. The predicted molar refractivity (Wildman–Crippen MR) is 109 cm³/mol. The molecule has 0 saturated heterocycles. The van der Waals surface area contributed by atoms with E-state index >= 15 is 0 Å². The van der Waals surface area contributed by atoms with Crippen LogP contribution in [0.2, 0.25) is 0 Å². The number of rotatable bonds is 2. The molecule has 33 heavy (non-hydrogen) atoms. The van der Waals surface area contributed by atoms with E-state index in [1.54, 1.807) is 6.92 Å². The van der Waals surface area contributed by atoms with Crippen LogP contribution < -0.4 is 5.56 Å². The number of hydrogen-bond acceptors (Lipinski definition) is 3. The van der Waals surface area contributed by atoms with Crippen LogP contribution in [0.4, 0.5) is 26.3 Å². The van der Waals surface area contributed by atoms with Gasteiger partial charge < -0.3 is 4.57 Å². The number of aryl methyl sites for hydroxylation is 2. The minimum absolute atomic E-state index is 0.0130. The first-order chi connectivity index (χ1) is 15.3. The fourth-order valence-corrected chi connectivity index (χ4v) is 3.96. The Balaban J connectivity index is 2.06. The topological polar surface area (TPSA) is 52.2 Å². The van der Waals surface area contributed by atoms with Crippen molar-refractivity contribution in [3.63, 3.8) is 0 Å². The van der Waals surface area contributed by atoms with E-state index in [0.29, 0.717) is 16.8 Å². The molecule has 0 bridgehead atoms. The van der Waals surface area contributed by atoms with E-state index in [4.69, 9.17) is 0 Å². The molecule has 172 valence electrons. The molecule has 4 aromatic rings. The molecule has 4 rings (SSSR count). The van der Waals surface area contributed by atoms with Gasteiger partial charge in [-0.05, 0) is 37.6 Å². The summed E-state index contributed by atoms with van der Waals surface area (Å²) in [5.74, 6) is 0. The van der Waals surface area contributed by atoms with Gasteiger partial charge >= 0.3 is 12.4 Å². The molecule has 11 heteroatoms. The molecular weight excluding hydrogens is 450 g/mol. The zero-order chi connectivity index (χ0) is 24.3. The van der Waals surface area contributed by atoms with Crippen molar-refractivity contribution in [1.29, 1.82) is 0 Å². The Kier molecular flexibility index (Phi) is 5.10. The third-order valence-corrected chi connectivity index (χ3v) is 5.44. The Morgan fingerprint density at radius 3 is 2.12 bits per heavy atom. The monoisotopic (exact) mass is 466 g/mol. The van der Waals surface area contributed by atoms with Gasteiger partial charge in [0.25, 0.3) is 5.56 Å². The first kappa shape index (κ1) is 22.6. The van der Waals surface area contributed by atoms with E-state index < -0.39 is 29.0 Å². The SMILES string of the molecule is Cc1nn2c(=O)c(C)c(-c3cnccc3C(F)(F)F)n(C)c2c1-c1ccc(C(F)(F)F)cc1. The molecule has 0 spiro atoms. The second-order valence-electron chi connectivity index (χ2n) is 7.53. The first-order valence-electron chi connectivity index (χ1n) is 9.60. The highest BCUT2D eigenvalue weighted by Crippen LogP contribution is 2.39. The molecule has 0 amide bonds. The van der Waals surface area contributed by atoms with Crippen molar-refractivity contribution in [2.75, 3.05) is 0 Å². The van der Waals surface area contributed by atoms with Crippen LogP contribution in [0.1, 0.15) is 22.4 Å². The van der Waals surface area contributed by atoms with Crippen LogP contribution in [0.15, 0.2) is 47.5 Å². The van der Waals surface area contributed by atoms with E-state index in [2.05, 4.69) is 10.1 Å². The largest absolute Gasteiger partial charge is 0.417 e. The predicted octanol–water partition coefficient (Wildman–Crippen LogP) is 5.42. The van der Waals surface area contributed by atoms with E-state index in [1.165, 1.54) is 30.7 Å². The summed E-state index contributed by atoms with van der Waals surface area (Å²) in [4.78, 5) is 16.9. The molecule has 0 radical (unpaired) electrons. The minimum atomic E-state index is -4.70. The zero-order valence-corrected chi connectivity index (χ0v) is 17.5. The van der Waals surface area contributed by atoms with E-state index in [9.17, 15) is 31.1 Å². The Hall–Kier alpha value is -3.63. The molecular formula is C22H16F6N4O. The van der Waals surface area contributed by atoms with E-state index in [0.717, 1.165) is 35.1 Å². The third kappa shape index (κ3) is 3.66. The minimum Gasteiger partial charge on any atom is -0.328 e. The van der Waals surface area contributed by atoms with Crippen molar-refractivity contribution >= 4 is 5.65 Å². The van der Waals surface area contributed by atoms with Crippen LogP contribution >= 0.6 is 0 Å². The molecule has 3 aromatic heterocycles. The number of pyridine rings is 1. The molecule has 1 aromatic carbocycles. The van der Waals surface area contributed by atoms with Gasteiger partial charge in [0, 0.05) is 36.1 Å². The molecule has 0 aliphatic rings. The molecule has 0 aliphatic carbocycles. The highest BCUT2D eigenvalue weighted by molar-refractivity contribution is 5.82. The van der Waals surface area contributed by atoms with Crippen LogP contribution in [0.25, 0.3) is 28.0 Å². The molecule has 0 atom stereocenters. The normalized spacial score (nSPS) is 12.5. The summed E-state index contributed by atoms with van der Waals surface area (Å²) in [5.41, 5.74) is -1.59. The van der Waals surface area contributed by atoms with Crippen LogP contribution in [0.3, 0.4) is 0 Å². The molecule has 0 saturated carbocycles. The fourth-order valence-electron chi connectivity index (χ4n) is 3.96. The van der Waals surface area contributed by atoms with Crippen molar-refractivity contribution in [3.8, 4) is 22.4 Å². The van der Waals surface area contributed by atoms with Crippen molar-refractivity contribution < 1.29 is 26.3 Å². The van der Waals surface area contributed by atoms with Crippen LogP contribution in [0, 0.1) is 13.8 Å². The number of aromatic nitrogens is 4. The van der Waals surface area contributed by atoms with Crippen LogP contribution in [-0.4, -0.2) is 19.2 Å². The Morgan fingerprint density at radius 1 is 0.909 bits per heavy atom. The van der Waals surface area contributed by atoms with E-state index in [1.807, 2.05) is 0 Å². The van der Waals surface area contributed by atoms with Gasteiger partial charge in [-0.1, -0.05) is 12.1 Å². The smallest absolute Gasteiger partial charge is 0.328 e. The van der Waals surface area contributed by atoms with Crippen LogP contribution in [0.5, 0.6) is 0 Å². The maximum Gasteiger partial charge on any atom is 0.417 e. The molecule has 3 heterocycles. The van der Waals surface area contributed by atoms with Crippen molar-refractivity contribution in [3.05, 3.63) is 75.5 Å². The standard InChI is InChI=1S/C22H16F6N4O/c1-11-18(15-10-29-9-8-16(15)22(26,27)28)31(3)19-17(12(2)30-32(19)20(11)33)13-4-6-14(7-5-13)21(23,24)25/h4-10H,1-3H3. The Labute approximate surface area is 182 Å². The first-order valence-corrected chi connectivity index (χ1v) is 9.60. The highest BCUT2D eigenvalue weighted by Gasteiger charge is 2.35. The van der Waals surface area contributed by atoms with Gasteiger partial charge in [-0.2, -0.15) is 36.0 Å². The molecule has 0 aliphatic heterocycles. The number of hydrogen-bond donors (Lipinski definition) is 0. The summed E-state index contributed by atoms with van der Waals surface area (Å²) < 4.78 is 82.4. The maximum atomic E-state index is 13.7. The van der Waals surface area contributed by atoms with Crippen molar-refractivity contribution in [2.24, 2.45) is 7.05 Å². The molecule has 0 unspecified atom stereocenters. The third-order valence-electron chi connectivity index (χ3n) is 5.44. The second-order valence-corrected chi connectivity index (χ2v) is 7.53.